The zero-order valence-corrected chi connectivity index (χ0v) is 12.1. The van der Waals surface area contributed by atoms with E-state index in [0.717, 1.165) is 43.4 Å². The fourth-order valence-electron chi connectivity index (χ4n) is 2.73. The molecule has 106 valence electrons. The number of nitrogens with zero attached hydrogens (tertiary/aromatic N) is 3. The Hall–Kier alpha value is -1.36. The molecule has 1 aromatic rings. The van der Waals surface area contributed by atoms with Gasteiger partial charge < -0.3 is 15.0 Å². The summed E-state index contributed by atoms with van der Waals surface area (Å²) < 4.78 is 5.29. The maximum Gasteiger partial charge on any atom is 0.137 e. The first kappa shape index (κ1) is 14.1. The number of rotatable bonds is 5. The third-order valence-electron chi connectivity index (χ3n) is 3.62. The predicted molar refractivity (Wildman–Crippen MR) is 77.7 cm³/mol. The Kier molecular flexibility index (Phi) is 4.96. The van der Waals surface area contributed by atoms with Crippen molar-refractivity contribution < 1.29 is 4.74 Å². The van der Waals surface area contributed by atoms with Crippen molar-refractivity contribution in [2.24, 2.45) is 5.92 Å². The molecule has 0 aromatic carbocycles. The van der Waals surface area contributed by atoms with Gasteiger partial charge in [-0.05, 0) is 32.6 Å². The molecular weight excluding hydrogens is 240 g/mol. The van der Waals surface area contributed by atoms with Crippen LogP contribution in [0, 0.1) is 12.8 Å². The molecule has 0 saturated carbocycles. The van der Waals surface area contributed by atoms with Crippen LogP contribution in [0.2, 0.25) is 0 Å². The molecule has 0 radical (unpaired) electrons. The van der Waals surface area contributed by atoms with E-state index in [0.29, 0.717) is 5.92 Å². The third kappa shape index (κ3) is 3.35. The van der Waals surface area contributed by atoms with E-state index in [-0.39, 0.29) is 0 Å². The van der Waals surface area contributed by atoms with Gasteiger partial charge in [-0.15, -0.1) is 0 Å². The highest BCUT2D eigenvalue weighted by Crippen LogP contribution is 2.26. The minimum atomic E-state index is 0.607. The van der Waals surface area contributed by atoms with Crippen LogP contribution in [-0.2, 0) is 4.74 Å². The topological polar surface area (TPSA) is 50.3 Å². The molecule has 1 aromatic heterocycles. The number of ether oxygens (including phenoxy) is 1. The molecule has 5 nitrogen and oxygen atoms in total. The maximum absolute atomic E-state index is 5.29. The van der Waals surface area contributed by atoms with Crippen molar-refractivity contribution in [1.29, 1.82) is 0 Å². The van der Waals surface area contributed by atoms with Crippen molar-refractivity contribution >= 4 is 11.6 Å². The Labute approximate surface area is 115 Å². The van der Waals surface area contributed by atoms with Crippen LogP contribution in [0.1, 0.15) is 25.3 Å². The molecule has 5 heteroatoms. The van der Waals surface area contributed by atoms with Gasteiger partial charge in [-0.25, -0.2) is 9.97 Å². The molecule has 19 heavy (non-hydrogen) atoms. The fourth-order valence-corrected chi connectivity index (χ4v) is 2.73. The van der Waals surface area contributed by atoms with E-state index in [1.54, 1.807) is 13.4 Å². The molecule has 0 bridgehead atoms. The molecule has 1 aliphatic rings. The lowest BCUT2D eigenvalue weighted by Crippen LogP contribution is -2.38. The summed E-state index contributed by atoms with van der Waals surface area (Å²) in [7, 11) is 1.78. The Bertz CT molecular complexity index is 408. The van der Waals surface area contributed by atoms with Crippen molar-refractivity contribution in [3.05, 3.63) is 11.9 Å². The molecule has 0 aliphatic carbocycles. The molecule has 1 atom stereocenters. The van der Waals surface area contributed by atoms with E-state index in [2.05, 4.69) is 34.0 Å². The number of methoxy groups -OCH3 is 1. The van der Waals surface area contributed by atoms with Gasteiger partial charge in [0.05, 0.1) is 6.61 Å². The largest absolute Gasteiger partial charge is 0.384 e. The van der Waals surface area contributed by atoms with Gasteiger partial charge in [-0.1, -0.05) is 0 Å². The number of hydrogen-bond donors (Lipinski definition) is 1. The molecular formula is C14H24N4O. The molecule has 0 amide bonds. The van der Waals surface area contributed by atoms with Gasteiger partial charge >= 0.3 is 0 Å². The van der Waals surface area contributed by atoms with Crippen LogP contribution in [0.25, 0.3) is 0 Å². The molecule has 2 rings (SSSR count). The first-order chi connectivity index (χ1) is 9.26. The van der Waals surface area contributed by atoms with E-state index in [1.807, 2.05) is 0 Å². The van der Waals surface area contributed by atoms with Crippen LogP contribution in [0.3, 0.4) is 0 Å². The lowest BCUT2D eigenvalue weighted by molar-refractivity contribution is 0.143. The Morgan fingerprint density at radius 3 is 3.05 bits per heavy atom. The number of piperidine rings is 1. The standard InChI is InChI=1S/C14H24N4O/c1-4-15-13-11(2)14(17-10-16-13)18-7-5-6-12(8-18)9-19-3/h10,12H,4-9H2,1-3H3,(H,15,16,17). The van der Waals surface area contributed by atoms with E-state index < -0.39 is 0 Å². The van der Waals surface area contributed by atoms with Crippen molar-refractivity contribution in [3.63, 3.8) is 0 Å². The number of aromatic nitrogens is 2. The van der Waals surface area contributed by atoms with E-state index in [9.17, 15) is 0 Å². The van der Waals surface area contributed by atoms with Gasteiger partial charge in [0.1, 0.15) is 18.0 Å². The van der Waals surface area contributed by atoms with Gasteiger partial charge in [-0.2, -0.15) is 0 Å². The van der Waals surface area contributed by atoms with E-state index >= 15 is 0 Å². The monoisotopic (exact) mass is 264 g/mol. The summed E-state index contributed by atoms with van der Waals surface area (Å²) in [5.74, 6) is 2.61. The molecule has 1 aliphatic heterocycles. The minimum Gasteiger partial charge on any atom is -0.384 e. The van der Waals surface area contributed by atoms with Crippen molar-refractivity contribution in [1.82, 2.24) is 9.97 Å². The second kappa shape index (κ2) is 6.70. The van der Waals surface area contributed by atoms with Gasteiger partial charge in [0.25, 0.3) is 0 Å². The SMILES string of the molecule is CCNc1ncnc(N2CCCC(COC)C2)c1C. The van der Waals surface area contributed by atoms with E-state index in [1.165, 1.54) is 12.8 Å². The van der Waals surface area contributed by atoms with Gasteiger partial charge in [0.15, 0.2) is 0 Å². The highest BCUT2D eigenvalue weighted by Gasteiger charge is 2.22. The zero-order valence-electron chi connectivity index (χ0n) is 12.1. The summed E-state index contributed by atoms with van der Waals surface area (Å²) in [6.07, 6.45) is 4.10. The quantitative estimate of drug-likeness (QED) is 0.882. The zero-order chi connectivity index (χ0) is 13.7. The second-order valence-electron chi connectivity index (χ2n) is 5.11. The summed E-state index contributed by atoms with van der Waals surface area (Å²) in [6, 6.07) is 0. The lowest BCUT2D eigenvalue weighted by atomic mass is 9.98. The Balaban J connectivity index is 2.14. The third-order valence-corrected chi connectivity index (χ3v) is 3.62. The summed E-state index contributed by atoms with van der Waals surface area (Å²) in [4.78, 5) is 11.1. The average Bonchev–Trinajstić information content (AvgIpc) is 2.42. The van der Waals surface area contributed by atoms with Gasteiger partial charge in [0, 0.05) is 32.3 Å². The van der Waals surface area contributed by atoms with Crippen molar-refractivity contribution in [3.8, 4) is 0 Å². The molecule has 1 saturated heterocycles. The van der Waals surface area contributed by atoms with Crippen LogP contribution in [0.15, 0.2) is 6.33 Å². The summed E-state index contributed by atoms with van der Waals surface area (Å²) in [5, 5.41) is 3.29. The molecule has 0 spiro atoms. The van der Waals surface area contributed by atoms with Crippen LogP contribution >= 0.6 is 0 Å². The highest BCUT2D eigenvalue weighted by molar-refractivity contribution is 5.58. The maximum atomic E-state index is 5.29. The summed E-state index contributed by atoms with van der Waals surface area (Å²) >= 11 is 0. The molecule has 1 unspecified atom stereocenters. The van der Waals surface area contributed by atoms with Crippen LogP contribution in [-0.4, -0.2) is 43.3 Å². The summed E-state index contributed by atoms with van der Waals surface area (Å²) in [6.45, 7) is 7.98. The Morgan fingerprint density at radius 2 is 2.32 bits per heavy atom. The van der Waals surface area contributed by atoms with Crippen LogP contribution in [0.5, 0.6) is 0 Å². The number of hydrogen-bond acceptors (Lipinski definition) is 5. The van der Waals surface area contributed by atoms with E-state index in [4.69, 9.17) is 4.74 Å². The number of anilines is 2. The van der Waals surface area contributed by atoms with Gasteiger partial charge in [-0.3, -0.25) is 0 Å². The normalized spacial score (nSPS) is 19.5. The first-order valence-electron chi connectivity index (χ1n) is 7.05. The average molecular weight is 264 g/mol. The molecule has 1 N–H and O–H groups in total. The predicted octanol–water partition coefficient (Wildman–Crippen LogP) is 2.08. The van der Waals surface area contributed by atoms with Crippen LogP contribution < -0.4 is 10.2 Å². The second-order valence-corrected chi connectivity index (χ2v) is 5.11. The molecule has 1 fully saturated rings. The van der Waals surface area contributed by atoms with Crippen LogP contribution in [0.4, 0.5) is 11.6 Å². The van der Waals surface area contributed by atoms with Gasteiger partial charge in [0.2, 0.25) is 0 Å². The molecule has 2 heterocycles. The van der Waals surface area contributed by atoms with Crippen molar-refractivity contribution in [2.45, 2.75) is 26.7 Å². The minimum absolute atomic E-state index is 0.607. The highest BCUT2D eigenvalue weighted by atomic mass is 16.5. The first-order valence-corrected chi connectivity index (χ1v) is 7.05. The smallest absolute Gasteiger partial charge is 0.137 e. The van der Waals surface area contributed by atoms with Crippen molar-refractivity contribution in [2.75, 3.05) is 43.6 Å². The lowest BCUT2D eigenvalue weighted by Gasteiger charge is -2.34. The summed E-state index contributed by atoms with van der Waals surface area (Å²) in [5.41, 5.74) is 1.14. The fraction of sp³-hybridized carbons (Fsp3) is 0.714. The Morgan fingerprint density at radius 1 is 1.47 bits per heavy atom. The number of nitrogens with one attached hydrogen (secondary N) is 1.